The molecule has 14 heteroatoms. The Balaban J connectivity index is 0.000000442. The van der Waals surface area contributed by atoms with Crippen molar-refractivity contribution >= 4 is 123 Å². The Bertz CT molecular complexity index is 1560. The molecule has 0 aliphatic carbocycles. The molecule has 46 heavy (non-hydrogen) atoms. The van der Waals surface area contributed by atoms with E-state index in [4.69, 9.17) is 65.4 Å². The number of rotatable bonds is 12. The molecule has 0 radical (unpaired) electrons. The Morgan fingerprint density at radius 3 is 1.63 bits per heavy atom. The summed E-state index contributed by atoms with van der Waals surface area (Å²) in [6.07, 6.45) is -0.308. The van der Waals surface area contributed by atoms with Gasteiger partial charge < -0.3 is 18.9 Å². The van der Waals surface area contributed by atoms with Crippen molar-refractivity contribution in [1.29, 1.82) is 0 Å². The maximum absolute atomic E-state index is 12.4. The summed E-state index contributed by atoms with van der Waals surface area (Å²) in [5, 5.41) is 3.13. The minimum atomic E-state index is -0.308. The first-order valence-corrected chi connectivity index (χ1v) is 16.7. The van der Waals surface area contributed by atoms with Crippen molar-refractivity contribution in [2.24, 2.45) is 0 Å². The molecule has 236 valence electrons. The van der Waals surface area contributed by atoms with Gasteiger partial charge in [0.05, 0.1) is 45.4 Å². The molecule has 3 unspecified atom stereocenters. The van der Waals surface area contributed by atoms with Gasteiger partial charge in [-0.2, -0.15) is 0 Å². The summed E-state index contributed by atoms with van der Waals surface area (Å²) in [5.41, 5.74) is 0.502. The number of hydrogen-bond donors (Lipinski definition) is 0. The molecule has 4 rings (SSSR count). The number of benzene rings is 4. The van der Waals surface area contributed by atoms with E-state index < -0.39 is 0 Å². The Hall–Kier alpha value is -1.21. The summed E-state index contributed by atoms with van der Waals surface area (Å²) in [6, 6.07) is 22.7. The molecule has 0 aromatic heterocycles. The van der Waals surface area contributed by atoms with E-state index in [1.54, 1.807) is 68.8 Å². The summed E-state index contributed by atoms with van der Waals surface area (Å²) in [5.74, 6) is 1.97. The van der Waals surface area contributed by atoms with Crippen LogP contribution < -0.4 is 24.8 Å². The van der Waals surface area contributed by atoms with Crippen molar-refractivity contribution in [1.82, 2.24) is 0 Å². The number of ether oxygens (including phenoxy) is 4. The predicted octanol–water partition coefficient (Wildman–Crippen LogP) is 7.76. The zero-order chi connectivity index (χ0) is 32.2. The molecular formula is C32H32Cl4Li2O6P2. The van der Waals surface area contributed by atoms with Gasteiger partial charge in [0.1, 0.15) is 17.2 Å². The molecule has 0 fully saturated rings. The zero-order valence-corrected chi connectivity index (χ0v) is 29.3. The summed E-state index contributed by atoms with van der Waals surface area (Å²) < 4.78 is 21.3. The Kier molecular flexibility index (Phi) is 20.2. The van der Waals surface area contributed by atoms with E-state index in [0.717, 1.165) is 10.6 Å². The monoisotopic (exact) mass is 728 g/mol. The summed E-state index contributed by atoms with van der Waals surface area (Å²) in [6.45, 7) is 4.34. The van der Waals surface area contributed by atoms with Crippen LogP contribution in [0.4, 0.5) is 0 Å². The third-order valence-corrected chi connectivity index (χ3v) is 9.37. The first kappa shape index (κ1) is 42.8. The fraction of sp³-hybridized carbons (Fsp3) is 0.188. The molecular weight excluding hydrogens is 698 g/mol. The number of hydrogen-bond acceptors (Lipinski definition) is 6. The van der Waals surface area contributed by atoms with Crippen LogP contribution in [0.25, 0.3) is 0 Å². The number of carbonyl (C=O) groups is 2. The van der Waals surface area contributed by atoms with Gasteiger partial charge in [-0.05, 0) is 84.8 Å². The molecule has 4 aromatic carbocycles. The third-order valence-electron chi connectivity index (χ3n) is 5.85. The van der Waals surface area contributed by atoms with Crippen molar-refractivity contribution in [3.05, 3.63) is 110 Å². The molecule has 0 heterocycles. The maximum atomic E-state index is 12.4. The predicted molar refractivity (Wildman–Crippen MR) is 199 cm³/mol. The van der Waals surface area contributed by atoms with Crippen molar-refractivity contribution < 1.29 is 28.5 Å². The van der Waals surface area contributed by atoms with Crippen molar-refractivity contribution in [3.63, 3.8) is 0 Å². The van der Waals surface area contributed by atoms with E-state index in [1.165, 1.54) is 0 Å². The molecule has 0 saturated heterocycles. The number of halogens is 4. The van der Waals surface area contributed by atoms with Gasteiger partial charge in [0.2, 0.25) is 0 Å². The fourth-order valence-electron chi connectivity index (χ4n) is 3.79. The Morgan fingerprint density at radius 1 is 0.696 bits per heavy atom. The second-order valence-electron chi connectivity index (χ2n) is 8.83. The van der Waals surface area contributed by atoms with Gasteiger partial charge in [0.25, 0.3) is 0 Å². The van der Waals surface area contributed by atoms with Crippen LogP contribution in [0.1, 0.15) is 34.6 Å². The average molecular weight is 730 g/mol. The zero-order valence-electron chi connectivity index (χ0n) is 24.3. The summed E-state index contributed by atoms with van der Waals surface area (Å²) in [7, 11) is 2.94. The van der Waals surface area contributed by atoms with Crippen LogP contribution in [-0.4, -0.2) is 75.9 Å². The fourth-order valence-corrected chi connectivity index (χ4v) is 7.33. The van der Waals surface area contributed by atoms with E-state index in [9.17, 15) is 9.59 Å². The van der Waals surface area contributed by atoms with Gasteiger partial charge in [0.15, 0.2) is 17.3 Å². The van der Waals surface area contributed by atoms with E-state index in [2.05, 4.69) is 0 Å². The Labute approximate surface area is 317 Å². The van der Waals surface area contributed by atoms with E-state index in [0.29, 0.717) is 55.1 Å². The number of carbonyl (C=O) groups excluding carboxylic acids is 2. The van der Waals surface area contributed by atoms with Crippen LogP contribution in [-0.2, 0) is 4.74 Å². The van der Waals surface area contributed by atoms with Crippen molar-refractivity contribution in [2.45, 2.75) is 20.1 Å². The van der Waals surface area contributed by atoms with Crippen LogP contribution in [0.5, 0.6) is 17.2 Å². The summed E-state index contributed by atoms with van der Waals surface area (Å²) >= 11 is 24.3. The third kappa shape index (κ3) is 12.7. The van der Waals surface area contributed by atoms with Gasteiger partial charge in [-0.15, -0.1) is 0 Å². The molecule has 0 saturated carbocycles. The first-order valence-electron chi connectivity index (χ1n) is 13.2. The average Bonchev–Trinajstić information content (AvgIpc) is 2.98. The second-order valence-corrected chi connectivity index (χ2v) is 13.0. The van der Waals surface area contributed by atoms with E-state index >= 15 is 0 Å². The van der Waals surface area contributed by atoms with Gasteiger partial charge in [0, 0.05) is 18.0 Å². The van der Waals surface area contributed by atoms with Gasteiger partial charge in [-0.25, -0.2) is 0 Å². The molecule has 0 amide bonds. The molecule has 6 nitrogen and oxygen atoms in total. The molecule has 0 aliphatic rings. The molecule has 4 aromatic rings. The Morgan fingerprint density at radius 2 is 1.17 bits per heavy atom. The standard InChI is InChI=1S/C17H17Cl2O3P.C15H13Cl2O3P.2Li.2H/c1-3-21-11(2)22-12-7-9-13(10-8-12)23-17(20)16-14(18)5-4-6-15(16)19;1-19-9-6-7-13(12(8-9)20-2)21-15(18)14-10(16)4-3-5-11(14)17;;;;/h4-11,23H,3H2,1-2H3;3-8,21H,1-2H3;;;;. The molecule has 0 bridgehead atoms. The quantitative estimate of drug-likeness (QED) is 0.0844. The van der Waals surface area contributed by atoms with Crippen molar-refractivity contribution in [3.8, 4) is 17.2 Å². The van der Waals surface area contributed by atoms with Crippen LogP contribution in [0.15, 0.2) is 78.9 Å². The van der Waals surface area contributed by atoms with Gasteiger partial charge >= 0.3 is 37.7 Å². The molecule has 3 atom stereocenters. The van der Waals surface area contributed by atoms with Crippen molar-refractivity contribution in [2.75, 3.05) is 20.8 Å². The van der Waals surface area contributed by atoms with Crippen LogP contribution in [0, 0.1) is 0 Å². The van der Waals surface area contributed by atoms with Crippen LogP contribution >= 0.6 is 63.6 Å². The molecule has 0 spiro atoms. The first-order chi connectivity index (χ1) is 21.1. The topological polar surface area (TPSA) is 71.1 Å². The minimum absolute atomic E-state index is 0. The van der Waals surface area contributed by atoms with E-state index in [-0.39, 0.29) is 72.2 Å². The number of methoxy groups -OCH3 is 2. The molecule has 0 aliphatic heterocycles. The van der Waals surface area contributed by atoms with E-state index in [1.807, 2.05) is 38.1 Å². The van der Waals surface area contributed by atoms with Gasteiger partial charge in [-0.1, -0.05) is 70.7 Å². The van der Waals surface area contributed by atoms with Gasteiger partial charge in [-0.3, -0.25) is 9.59 Å². The van der Waals surface area contributed by atoms with Crippen LogP contribution in [0.2, 0.25) is 20.1 Å². The normalized spacial score (nSPS) is 11.2. The summed E-state index contributed by atoms with van der Waals surface area (Å²) in [4.78, 5) is 24.8. The second kappa shape index (κ2) is 21.7. The SMILES string of the molecule is CCOC(C)Oc1ccc(PC(=O)c2c(Cl)cccc2Cl)cc1.COc1ccc(PC(=O)c2c(Cl)cccc2Cl)c(OC)c1.[LiH].[LiH]. The van der Waals surface area contributed by atoms with Crippen LogP contribution in [0.3, 0.4) is 0 Å². The molecule has 0 N–H and O–H groups in total.